The van der Waals surface area contributed by atoms with Gasteiger partial charge in [-0.05, 0) is 59.5 Å². The molecule has 0 spiro atoms. The molecule has 0 fully saturated rings. The largest absolute Gasteiger partial charge is 0.465 e. The molecule has 4 aromatic rings. The van der Waals surface area contributed by atoms with Crippen molar-refractivity contribution in [1.82, 2.24) is 4.31 Å². The highest BCUT2D eigenvalue weighted by atomic mass is 32.2. The zero-order valence-electron chi connectivity index (χ0n) is 21.2. The number of anilines is 1. The summed E-state index contributed by atoms with van der Waals surface area (Å²) in [5, 5.41) is 10.7. The molecule has 0 saturated heterocycles. The lowest BCUT2D eigenvalue weighted by molar-refractivity contribution is 0.0992. The molecule has 0 radical (unpaired) electrons. The molecule has 200 valence electrons. The molecule has 0 aromatic heterocycles. The molecule has 1 amide bonds. The third-order valence-electron chi connectivity index (χ3n) is 6.18. The molecular weight excluding hydrogens is 519 g/mol. The summed E-state index contributed by atoms with van der Waals surface area (Å²) in [6.45, 7) is 2.01. The van der Waals surface area contributed by atoms with Gasteiger partial charge in [-0.3, -0.25) is 10.1 Å². The second-order valence-corrected chi connectivity index (χ2v) is 11.0. The molecule has 0 aliphatic heterocycles. The van der Waals surface area contributed by atoms with Crippen LogP contribution in [0.25, 0.3) is 0 Å². The van der Waals surface area contributed by atoms with E-state index in [2.05, 4.69) is 0 Å². The number of rotatable bonds is 10. The molecule has 9 heteroatoms. The summed E-state index contributed by atoms with van der Waals surface area (Å²) in [6.07, 6.45) is -1.53. The third-order valence-corrected chi connectivity index (χ3v) is 7.97. The van der Waals surface area contributed by atoms with Gasteiger partial charge >= 0.3 is 6.09 Å². The number of sulfonamides is 1. The molecule has 0 bridgehead atoms. The molecule has 0 saturated carbocycles. The molecule has 0 heterocycles. The van der Waals surface area contributed by atoms with Crippen molar-refractivity contribution in [2.45, 2.75) is 31.3 Å². The minimum Gasteiger partial charge on any atom is -0.465 e. The Hall–Kier alpha value is -4.34. The number of ketones is 1. The summed E-state index contributed by atoms with van der Waals surface area (Å²) < 4.78 is 43.1. The van der Waals surface area contributed by atoms with E-state index in [-0.39, 0.29) is 35.9 Å². The van der Waals surface area contributed by atoms with Crippen LogP contribution in [0.15, 0.2) is 102 Å². The second-order valence-electron chi connectivity index (χ2n) is 9.07. The van der Waals surface area contributed by atoms with Gasteiger partial charge in [-0.2, -0.15) is 4.31 Å². The van der Waals surface area contributed by atoms with E-state index in [1.807, 2.05) is 66.0 Å². The number of carbonyl (C=O) groups is 2. The molecule has 2 N–H and O–H groups in total. The summed E-state index contributed by atoms with van der Waals surface area (Å²) in [4.78, 5) is 23.8. The van der Waals surface area contributed by atoms with E-state index in [9.17, 15) is 22.4 Å². The number of Topliss-reactive ketones (excluding diaryl/α,β-unsaturated/α-hetero) is 1. The molecule has 0 aliphatic rings. The first-order chi connectivity index (χ1) is 18.6. The third kappa shape index (κ3) is 6.95. The lowest BCUT2D eigenvalue weighted by atomic mass is 9.99. The Bertz CT molecular complexity index is 1550. The van der Waals surface area contributed by atoms with Crippen LogP contribution in [-0.2, 0) is 29.5 Å². The van der Waals surface area contributed by atoms with Gasteiger partial charge in [0.25, 0.3) is 0 Å². The number of aryl methyl sites for hydroxylation is 1. The highest BCUT2D eigenvalue weighted by molar-refractivity contribution is 7.89. The lowest BCUT2D eigenvalue weighted by Gasteiger charge is -2.23. The minimum absolute atomic E-state index is 0.0681. The normalized spacial score (nSPS) is 11.4. The number of nitrogens with one attached hydrogen (secondary N) is 1. The highest BCUT2D eigenvalue weighted by Crippen LogP contribution is 2.25. The first-order valence-corrected chi connectivity index (χ1v) is 13.6. The van der Waals surface area contributed by atoms with Crippen LogP contribution < -0.4 is 5.32 Å². The number of hydrogen-bond acceptors (Lipinski definition) is 4. The summed E-state index contributed by atoms with van der Waals surface area (Å²) in [5.74, 6) is -1.11. The number of nitrogens with zero attached hydrogens (tertiary/aromatic N) is 1. The number of carboxylic acid groups (broad SMARTS) is 1. The van der Waals surface area contributed by atoms with Gasteiger partial charge in [-0.25, -0.2) is 17.6 Å². The molecule has 0 atom stereocenters. The Morgan fingerprint density at radius 3 is 1.92 bits per heavy atom. The first kappa shape index (κ1) is 27.7. The van der Waals surface area contributed by atoms with Gasteiger partial charge in [0.05, 0.1) is 10.6 Å². The van der Waals surface area contributed by atoms with Crippen LogP contribution >= 0.6 is 0 Å². The summed E-state index contributed by atoms with van der Waals surface area (Å²) in [7, 11) is -3.92. The zero-order chi connectivity index (χ0) is 28.0. The highest BCUT2D eigenvalue weighted by Gasteiger charge is 2.26. The molecule has 4 rings (SSSR count). The van der Waals surface area contributed by atoms with Crippen molar-refractivity contribution < 1.29 is 27.5 Å². The van der Waals surface area contributed by atoms with Gasteiger partial charge < -0.3 is 5.11 Å². The SMILES string of the molecule is Cc1cc(S(=O)(=O)N(Cc2ccccc2)Cc2ccccc2)ccc1C(=O)Cc1ccc(NC(=O)O)c(F)c1. The van der Waals surface area contributed by atoms with E-state index >= 15 is 0 Å². The number of benzene rings is 4. The van der Waals surface area contributed by atoms with Crippen molar-refractivity contribution in [2.75, 3.05) is 5.32 Å². The number of carbonyl (C=O) groups excluding carboxylic acids is 1. The Balaban J connectivity index is 1.57. The maximum absolute atomic E-state index is 14.2. The quantitative estimate of drug-likeness (QED) is 0.236. The van der Waals surface area contributed by atoms with Crippen molar-refractivity contribution in [3.05, 3.63) is 131 Å². The fraction of sp³-hybridized carbons (Fsp3) is 0.133. The summed E-state index contributed by atoms with van der Waals surface area (Å²) >= 11 is 0. The minimum atomic E-state index is -3.92. The Labute approximate surface area is 226 Å². The van der Waals surface area contributed by atoms with E-state index in [4.69, 9.17) is 5.11 Å². The van der Waals surface area contributed by atoms with Crippen LogP contribution in [0.2, 0.25) is 0 Å². The van der Waals surface area contributed by atoms with Gasteiger partial charge in [0.1, 0.15) is 5.82 Å². The van der Waals surface area contributed by atoms with E-state index in [0.717, 1.165) is 17.2 Å². The van der Waals surface area contributed by atoms with Gasteiger partial charge in [0.15, 0.2) is 5.78 Å². The van der Waals surface area contributed by atoms with Crippen molar-refractivity contribution >= 4 is 27.6 Å². The molecular formula is C30H27FN2O5S. The Morgan fingerprint density at radius 2 is 1.41 bits per heavy atom. The average molecular weight is 547 g/mol. The van der Waals surface area contributed by atoms with Crippen molar-refractivity contribution in [3.63, 3.8) is 0 Å². The second kappa shape index (κ2) is 12.0. The van der Waals surface area contributed by atoms with Crippen molar-refractivity contribution in [1.29, 1.82) is 0 Å². The van der Waals surface area contributed by atoms with Crippen molar-refractivity contribution in [3.8, 4) is 0 Å². The van der Waals surface area contributed by atoms with Crippen LogP contribution in [0, 0.1) is 12.7 Å². The monoisotopic (exact) mass is 546 g/mol. The lowest BCUT2D eigenvalue weighted by Crippen LogP contribution is -2.30. The summed E-state index contributed by atoms with van der Waals surface area (Å²) in [6, 6.07) is 26.8. The maximum Gasteiger partial charge on any atom is 0.409 e. The Morgan fingerprint density at radius 1 is 0.821 bits per heavy atom. The Kier molecular flexibility index (Phi) is 8.53. The van der Waals surface area contributed by atoms with Crippen LogP contribution in [0.1, 0.15) is 32.6 Å². The smallest absolute Gasteiger partial charge is 0.409 e. The topological polar surface area (TPSA) is 104 Å². The van der Waals surface area contributed by atoms with Crippen LogP contribution in [0.4, 0.5) is 14.9 Å². The fourth-order valence-corrected chi connectivity index (χ4v) is 5.73. The first-order valence-electron chi connectivity index (χ1n) is 12.1. The number of hydrogen-bond donors (Lipinski definition) is 2. The average Bonchev–Trinajstić information content (AvgIpc) is 2.90. The van der Waals surface area contributed by atoms with Gasteiger partial charge in [0, 0.05) is 25.1 Å². The number of halogens is 1. The molecule has 39 heavy (non-hydrogen) atoms. The molecule has 7 nitrogen and oxygen atoms in total. The van der Waals surface area contributed by atoms with Crippen LogP contribution in [0.5, 0.6) is 0 Å². The van der Waals surface area contributed by atoms with Crippen molar-refractivity contribution in [2.24, 2.45) is 0 Å². The predicted octanol–water partition coefficient (Wildman–Crippen LogP) is 6.04. The fourth-order valence-electron chi connectivity index (χ4n) is 4.22. The standard InChI is InChI=1S/C30H27FN2O5S/c1-21-16-25(13-14-26(21)29(34)18-24-12-15-28(27(31)17-24)32-30(35)36)39(37,38)33(19-22-8-4-2-5-9-22)20-23-10-6-3-7-11-23/h2-17,32H,18-20H2,1H3,(H,35,36). The van der Waals surface area contributed by atoms with Gasteiger partial charge in [0.2, 0.25) is 10.0 Å². The predicted molar refractivity (Wildman–Crippen MR) is 147 cm³/mol. The maximum atomic E-state index is 14.2. The van der Waals surface area contributed by atoms with Gasteiger partial charge in [-0.1, -0.05) is 66.7 Å². The molecule has 0 aliphatic carbocycles. The summed E-state index contributed by atoms with van der Waals surface area (Å²) in [5.41, 5.74) is 2.64. The van der Waals surface area contributed by atoms with Gasteiger partial charge in [-0.15, -0.1) is 0 Å². The molecule has 4 aromatic carbocycles. The number of amides is 1. The molecule has 0 unspecified atom stereocenters. The van der Waals surface area contributed by atoms with Crippen LogP contribution in [-0.4, -0.2) is 29.7 Å². The van der Waals surface area contributed by atoms with E-state index < -0.39 is 21.9 Å². The zero-order valence-corrected chi connectivity index (χ0v) is 22.0. The van der Waals surface area contributed by atoms with E-state index in [1.165, 1.54) is 34.6 Å². The van der Waals surface area contributed by atoms with Crippen LogP contribution in [0.3, 0.4) is 0 Å². The van der Waals surface area contributed by atoms with E-state index in [0.29, 0.717) is 16.7 Å². The van der Waals surface area contributed by atoms with E-state index in [1.54, 1.807) is 6.92 Å².